The Bertz CT molecular complexity index is 482. The van der Waals surface area contributed by atoms with Gasteiger partial charge in [0, 0.05) is 17.5 Å². The molecule has 1 heterocycles. The van der Waals surface area contributed by atoms with Gasteiger partial charge in [-0.3, -0.25) is 4.79 Å². The highest BCUT2D eigenvalue weighted by Crippen LogP contribution is 2.20. The van der Waals surface area contributed by atoms with Crippen molar-refractivity contribution in [2.75, 3.05) is 0 Å². The SMILES string of the molecule is O=COc1ccc2ccc(O)cc2n1. The van der Waals surface area contributed by atoms with E-state index in [1.165, 1.54) is 6.07 Å². The van der Waals surface area contributed by atoms with Crippen molar-refractivity contribution < 1.29 is 14.6 Å². The van der Waals surface area contributed by atoms with Crippen molar-refractivity contribution in [2.45, 2.75) is 0 Å². The summed E-state index contributed by atoms with van der Waals surface area (Å²) in [4.78, 5) is 14.1. The van der Waals surface area contributed by atoms with Crippen LogP contribution >= 0.6 is 0 Å². The van der Waals surface area contributed by atoms with Crippen LogP contribution in [0.3, 0.4) is 0 Å². The third-order valence-corrected chi connectivity index (χ3v) is 1.82. The number of rotatable bonds is 2. The molecule has 0 radical (unpaired) electrons. The molecular weight excluding hydrogens is 182 g/mol. The van der Waals surface area contributed by atoms with Crippen molar-refractivity contribution in [2.24, 2.45) is 0 Å². The van der Waals surface area contributed by atoms with E-state index >= 15 is 0 Å². The topological polar surface area (TPSA) is 59.4 Å². The molecule has 0 unspecified atom stereocenters. The molecular formula is C10H7NO3. The number of benzene rings is 1. The van der Waals surface area contributed by atoms with Gasteiger partial charge in [0.05, 0.1) is 5.52 Å². The highest BCUT2D eigenvalue weighted by Gasteiger charge is 1.99. The lowest BCUT2D eigenvalue weighted by Crippen LogP contribution is -1.91. The van der Waals surface area contributed by atoms with E-state index in [2.05, 4.69) is 9.72 Å². The first-order valence-corrected chi connectivity index (χ1v) is 4.00. The number of pyridine rings is 1. The van der Waals surface area contributed by atoms with Crippen LogP contribution in [0.1, 0.15) is 0 Å². The number of fused-ring (bicyclic) bond motifs is 1. The molecule has 1 aromatic heterocycles. The van der Waals surface area contributed by atoms with Crippen molar-refractivity contribution >= 4 is 17.4 Å². The second-order valence-electron chi connectivity index (χ2n) is 2.74. The minimum atomic E-state index is 0.133. The lowest BCUT2D eigenvalue weighted by molar-refractivity contribution is -0.120. The molecule has 2 aromatic rings. The second-order valence-corrected chi connectivity index (χ2v) is 2.74. The van der Waals surface area contributed by atoms with Crippen LogP contribution in [0, 0.1) is 0 Å². The van der Waals surface area contributed by atoms with Gasteiger partial charge in [-0.05, 0) is 18.2 Å². The highest BCUT2D eigenvalue weighted by atomic mass is 16.5. The first-order valence-electron chi connectivity index (χ1n) is 4.00. The molecule has 0 saturated carbocycles. The van der Waals surface area contributed by atoms with E-state index < -0.39 is 0 Å². The quantitative estimate of drug-likeness (QED) is 0.727. The fourth-order valence-corrected chi connectivity index (χ4v) is 1.20. The normalized spacial score (nSPS) is 10.0. The smallest absolute Gasteiger partial charge is 0.299 e. The van der Waals surface area contributed by atoms with Crippen LogP contribution in [-0.4, -0.2) is 16.6 Å². The summed E-state index contributed by atoms with van der Waals surface area (Å²) in [6.45, 7) is 0.316. The van der Waals surface area contributed by atoms with E-state index in [-0.39, 0.29) is 11.6 Å². The van der Waals surface area contributed by atoms with Gasteiger partial charge in [-0.25, -0.2) is 4.98 Å². The number of phenols is 1. The average Bonchev–Trinajstić information content (AvgIpc) is 2.17. The van der Waals surface area contributed by atoms with Gasteiger partial charge in [-0.1, -0.05) is 0 Å². The summed E-state index contributed by atoms with van der Waals surface area (Å²) in [5.41, 5.74) is 0.587. The molecule has 0 aliphatic carbocycles. The van der Waals surface area contributed by atoms with Crippen LogP contribution in [0.5, 0.6) is 11.6 Å². The molecule has 0 aliphatic rings. The Morgan fingerprint density at radius 1 is 1.29 bits per heavy atom. The van der Waals surface area contributed by atoms with Gasteiger partial charge in [0.1, 0.15) is 5.75 Å². The second kappa shape index (κ2) is 3.33. The lowest BCUT2D eigenvalue weighted by Gasteiger charge is -2.00. The van der Waals surface area contributed by atoms with Crippen LogP contribution < -0.4 is 4.74 Å². The molecule has 4 nitrogen and oxygen atoms in total. The molecule has 4 heteroatoms. The van der Waals surface area contributed by atoms with E-state index in [4.69, 9.17) is 0 Å². The number of carbonyl (C=O) groups is 1. The molecule has 70 valence electrons. The Morgan fingerprint density at radius 2 is 2.07 bits per heavy atom. The fourth-order valence-electron chi connectivity index (χ4n) is 1.20. The molecule has 0 aliphatic heterocycles. The summed E-state index contributed by atoms with van der Waals surface area (Å²) in [7, 11) is 0. The molecule has 0 atom stereocenters. The maximum absolute atomic E-state index is 10.1. The molecule has 0 amide bonds. The monoisotopic (exact) mass is 189 g/mol. The van der Waals surface area contributed by atoms with Crippen LogP contribution in [0.2, 0.25) is 0 Å². The van der Waals surface area contributed by atoms with Crippen LogP contribution in [0.4, 0.5) is 0 Å². The molecule has 0 spiro atoms. The molecule has 2 rings (SSSR count). The van der Waals surface area contributed by atoms with Crippen LogP contribution in [0.15, 0.2) is 30.3 Å². The minimum Gasteiger partial charge on any atom is -0.508 e. The number of aromatic nitrogens is 1. The number of aromatic hydroxyl groups is 1. The van der Waals surface area contributed by atoms with E-state index in [0.29, 0.717) is 12.0 Å². The Morgan fingerprint density at radius 3 is 2.86 bits per heavy atom. The number of ether oxygens (including phenoxy) is 1. The molecule has 14 heavy (non-hydrogen) atoms. The van der Waals surface area contributed by atoms with Crippen LogP contribution in [0.25, 0.3) is 10.9 Å². The summed E-state index contributed by atoms with van der Waals surface area (Å²) in [6.07, 6.45) is 0. The third kappa shape index (κ3) is 1.50. The van der Waals surface area contributed by atoms with E-state index in [0.717, 1.165) is 5.39 Å². The third-order valence-electron chi connectivity index (χ3n) is 1.82. The van der Waals surface area contributed by atoms with Crippen molar-refractivity contribution in [3.8, 4) is 11.6 Å². The lowest BCUT2D eigenvalue weighted by atomic mass is 10.2. The summed E-state index contributed by atoms with van der Waals surface area (Å²) >= 11 is 0. The van der Waals surface area contributed by atoms with Gasteiger partial charge >= 0.3 is 0 Å². The fraction of sp³-hybridized carbons (Fsp3) is 0. The highest BCUT2D eigenvalue weighted by molar-refractivity contribution is 5.80. The Labute approximate surface area is 79.8 Å². The van der Waals surface area contributed by atoms with E-state index in [1.54, 1.807) is 24.3 Å². The van der Waals surface area contributed by atoms with Gasteiger partial charge in [-0.2, -0.15) is 0 Å². The Hall–Kier alpha value is -2.10. The minimum absolute atomic E-state index is 0.133. The largest absolute Gasteiger partial charge is 0.508 e. The predicted molar refractivity (Wildman–Crippen MR) is 50.1 cm³/mol. The molecule has 0 fully saturated rings. The first kappa shape index (κ1) is 8.50. The maximum Gasteiger partial charge on any atom is 0.299 e. The Balaban J connectivity index is 2.57. The number of nitrogens with zero attached hydrogens (tertiary/aromatic N) is 1. The van der Waals surface area contributed by atoms with Crippen molar-refractivity contribution in [3.05, 3.63) is 30.3 Å². The Kier molecular flexibility index (Phi) is 2.02. The predicted octanol–water partition coefficient (Wildman–Crippen LogP) is 1.48. The van der Waals surface area contributed by atoms with Gasteiger partial charge in [0.2, 0.25) is 5.88 Å². The zero-order valence-corrected chi connectivity index (χ0v) is 7.18. The summed E-state index contributed by atoms with van der Waals surface area (Å²) in [5.74, 6) is 0.353. The van der Waals surface area contributed by atoms with Crippen molar-refractivity contribution in [3.63, 3.8) is 0 Å². The van der Waals surface area contributed by atoms with Gasteiger partial charge in [0.25, 0.3) is 6.47 Å². The summed E-state index contributed by atoms with van der Waals surface area (Å²) in [5, 5.41) is 10.1. The maximum atomic E-state index is 10.1. The van der Waals surface area contributed by atoms with E-state index in [9.17, 15) is 9.90 Å². The van der Waals surface area contributed by atoms with E-state index in [1.807, 2.05) is 0 Å². The number of carbonyl (C=O) groups excluding carboxylic acids is 1. The standard InChI is InChI=1S/C10H7NO3/c12-6-14-10-4-2-7-1-3-8(13)5-9(7)11-10/h1-6,13H. The van der Waals surface area contributed by atoms with Crippen molar-refractivity contribution in [1.29, 1.82) is 0 Å². The first-order chi connectivity index (χ1) is 6.79. The zero-order valence-electron chi connectivity index (χ0n) is 7.18. The van der Waals surface area contributed by atoms with Gasteiger partial charge < -0.3 is 9.84 Å². The average molecular weight is 189 g/mol. The number of phenolic OH excluding ortho intramolecular Hbond substituents is 1. The summed E-state index contributed by atoms with van der Waals surface area (Å²) < 4.78 is 4.58. The molecule has 1 aromatic carbocycles. The molecule has 0 saturated heterocycles. The summed E-state index contributed by atoms with van der Waals surface area (Å²) in [6, 6.07) is 8.17. The van der Waals surface area contributed by atoms with Crippen LogP contribution in [-0.2, 0) is 4.79 Å². The van der Waals surface area contributed by atoms with Crippen molar-refractivity contribution in [1.82, 2.24) is 4.98 Å². The zero-order chi connectivity index (χ0) is 9.97. The number of hydrogen-bond donors (Lipinski definition) is 1. The number of hydrogen-bond acceptors (Lipinski definition) is 4. The molecule has 0 bridgehead atoms. The van der Waals surface area contributed by atoms with Gasteiger partial charge in [0.15, 0.2) is 0 Å². The van der Waals surface area contributed by atoms with Gasteiger partial charge in [-0.15, -0.1) is 0 Å². The molecule has 1 N–H and O–H groups in total.